The maximum absolute atomic E-state index is 10.3. The molecule has 5 heteroatoms. The molecule has 0 aliphatic heterocycles. The summed E-state index contributed by atoms with van der Waals surface area (Å²) in [5, 5.41) is 0. The minimum Gasteiger partial charge on any atom is -0.356 e. The molecule has 0 rings (SSSR count). The summed E-state index contributed by atoms with van der Waals surface area (Å²) in [6, 6.07) is 0. The Bertz CT molecular complexity index is 71.0. The topological polar surface area (TPSA) is 64.3 Å². The number of carbonyl (C=O) groups excluding carboxylic acids is 1. The molecule has 0 aliphatic rings. The van der Waals surface area contributed by atoms with Gasteiger partial charge in [-0.2, -0.15) is 0 Å². The molecule has 3 N–H and O–H groups in total. The Labute approximate surface area is 60.1 Å². The minimum absolute atomic E-state index is 0. The van der Waals surface area contributed by atoms with E-state index < -0.39 is 0 Å². The number of hydrogen-bond donors (Lipinski definition) is 2. The van der Waals surface area contributed by atoms with Gasteiger partial charge in [0.05, 0.1) is 0 Å². The first-order chi connectivity index (χ1) is 3.81. The van der Waals surface area contributed by atoms with Crippen LogP contribution in [0.5, 0.6) is 0 Å². The molecule has 0 aromatic heterocycles. The van der Waals surface area contributed by atoms with Crippen molar-refractivity contribution in [3.8, 4) is 0 Å². The van der Waals surface area contributed by atoms with E-state index in [1.807, 2.05) is 6.92 Å². The monoisotopic (exact) mass is 154 g/mol. The number of carbonyl (C=O) groups is 1. The third-order valence-electron chi connectivity index (χ3n) is 0.627. The van der Waals surface area contributed by atoms with Gasteiger partial charge in [0.1, 0.15) is 0 Å². The summed E-state index contributed by atoms with van der Waals surface area (Å²) in [5.74, 6) is 4.34. The van der Waals surface area contributed by atoms with E-state index in [-0.39, 0.29) is 18.4 Å². The van der Waals surface area contributed by atoms with E-state index in [0.29, 0.717) is 6.42 Å². The van der Waals surface area contributed by atoms with Crippen LogP contribution in [-0.2, 0) is 9.63 Å². The van der Waals surface area contributed by atoms with Crippen LogP contribution in [0.1, 0.15) is 19.8 Å². The van der Waals surface area contributed by atoms with Crippen molar-refractivity contribution in [1.82, 2.24) is 5.59 Å². The zero-order chi connectivity index (χ0) is 6.41. The summed E-state index contributed by atoms with van der Waals surface area (Å²) < 4.78 is 0. The molecular formula is C4H11ClN2O2. The summed E-state index contributed by atoms with van der Waals surface area (Å²) >= 11 is 0. The average molecular weight is 155 g/mol. The predicted molar refractivity (Wildman–Crippen MR) is 35.6 cm³/mol. The van der Waals surface area contributed by atoms with Gasteiger partial charge >= 0.3 is 5.97 Å². The number of hydrogen-bond acceptors (Lipinski definition) is 4. The lowest BCUT2D eigenvalue weighted by molar-refractivity contribution is -0.151. The molecule has 4 nitrogen and oxygen atoms in total. The highest BCUT2D eigenvalue weighted by Gasteiger charge is 1.96. The molecule has 0 radical (unpaired) electrons. The molecule has 0 saturated heterocycles. The molecule has 0 saturated carbocycles. The molecule has 0 aromatic rings. The van der Waals surface area contributed by atoms with Crippen molar-refractivity contribution in [3.63, 3.8) is 0 Å². The van der Waals surface area contributed by atoms with Gasteiger partial charge in [-0.15, -0.1) is 12.4 Å². The SMILES string of the molecule is CCCC(=O)ONN.Cl. The molecule has 0 fully saturated rings. The Balaban J connectivity index is 0. The highest BCUT2D eigenvalue weighted by Crippen LogP contribution is 1.86. The van der Waals surface area contributed by atoms with Gasteiger partial charge in [-0.05, 0) is 6.42 Å². The van der Waals surface area contributed by atoms with Crippen LogP contribution >= 0.6 is 12.4 Å². The lowest BCUT2D eigenvalue weighted by atomic mass is 10.3. The summed E-state index contributed by atoms with van der Waals surface area (Å²) in [7, 11) is 0. The number of hydrazine groups is 1. The maximum atomic E-state index is 10.3. The van der Waals surface area contributed by atoms with Crippen LogP contribution < -0.4 is 11.4 Å². The van der Waals surface area contributed by atoms with Crippen molar-refractivity contribution in [2.24, 2.45) is 5.84 Å². The molecule has 0 unspecified atom stereocenters. The average Bonchev–Trinajstić information content (AvgIpc) is 1.68. The van der Waals surface area contributed by atoms with E-state index in [1.54, 1.807) is 5.59 Å². The number of nitrogens with one attached hydrogen (secondary N) is 1. The highest BCUT2D eigenvalue weighted by atomic mass is 35.5. The van der Waals surface area contributed by atoms with Crippen LogP contribution in [0.2, 0.25) is 0 Å². The van der Waals surface area contributed by atoms with Gasteiger partial charge in [0.2, 0.25) is 0 Å². The molecular weight excluding hydrogens is 144 g/mol. The van der Waals surface area contributed by atoms with E-state index in [9.17, 15) is 4.79 Å². The third-order valence-corrected chi connectivity index (χ3v) is 0.627. The van der Waals surface area contributed by atoms with Crippen LogP contribution in [0.3, 0.4) is 0 Å². The second-order valence-electron chi connectivity index (χ2n) is 1.34. The molecule has 0 aromatic carbocycles. The first-order valence-corrected chi connectivity index (χ1v) is 2.46. The van der Waals surface area contributed by atoms with Crippen molar-refractivity contribution in [3.05, 3.63) is 0 Å². The largest absolute Gasteiger partial charge is 0.356 e. The van der Waals surface area contributed by atoms with Crippen molar-refractivity contribution in [2.75, 3.05) is 0 Å². The molecule has 0 amide bonds. The van der Waals surface area contributed by atoms with Gasteiger partial charge in [-0.3, -0.25) is 4.79 Å². The fraction of sp³-hybridized carbons (Fsp3) is 0.750. The summed E-state index contributed by atoms with van der Waals surface area (Å²) in [6.07, 6.45) is 1.19. The molecule has 9 heavy (non-hydrogen) atoms. The van der Waals surface area contributed by atoms with Crippen LogP contribution in [0.15, 0.2) is 0 Å². The van der Waals surface area contributed by atoms with Gasteiger partial charge in [0.15, 0.2) is 0 Å². The Kier molecular flexibility index (Phi) is 9.79. The van der Waals surface area contributed by atoms with Gasteiger partial charge in [0.25, 0.3) is 0 Å². The maximum Gasteiger partial charge on any atom is 0.326 e. The van der Waals surface area contributed by atoms with Crippen molar-refractivity contribution in [2.45, 2.75) is 19.8 Å². The Morgan fingerprint density at radius 1 is 1.78 bits per heavy atom. The zero-order valence-corrected chi connectivity index (χ0v) is 6.03. The highest BCUT2D eigenvalue weighted by molar-refractivity contribution is 5.85. The van der Waals surface area contributed by atoms with Gasteiger partial charge in [-0.1, -0.05) is 12.5 Å². The van der Waals surface area contributed by atoms with E-state index in [4.69, 9.17) is 0 Å². The quantitative estimate of drug-likeness (QED) is 0.448. The smallest absolute Gasteiger partial charge is 0.326 e. The number of nitrogens with two attached hydrogens (primary N) is 1. The first-order valence-electron chi connectivity index (χ1n) is 2.46. The molecule has 0 spiro atoms. The number of rotatable bonds is 3. The zero-order valence-electron chi connectivity index (χ0n) is 5.22. The van der Waals surface area contributed by atoms with Crippen LogP contribution in [0.25, 0.3) is 0 Å². The van der Waals surface area contributed by atoms with Gasteiger partial charge in [-0.25, -0.2) is 5.84 Å². The molecule has 0 aliphatic carbocycles. The second kappa shape index (κ2) is 7.68. The van der Waals surface area contributed by atoms with Gasteiger partial charge in [0, 0.05) is 6.42 Å². The molecule has 0 bridgehead atoms. The van der Waals surface area contributed by atoms with Crippen molar-refractivity contribution >= 4 is 18.4 Å². The van der Waals surface area contributed by atoms with Crippen LogP contribution in [-0.4, -0.2) is 5.97 Å². The van der Waals surface area contributed by atoms with E-state index >= 15 is 0 Å². The fourth-order valence-electron chi connectivity index (χ4n) is 0.321. The lowest BCUT2D eigenvalue weighted by Gasteiger charge is -1.96. The Morgan fingerprint density at radius 2 is 2.33 bits per heavy atom. The number of halogens is 1. The summed E-state index contributed by atoms with van der Waals surface area (Å²) in [4.78, 5) is 14.4. The second-order valence-corrected chi connectivity index (χ2v) is 1.34. The summed E-state index contributed by atoms with van der Waals surface area (Å²) in [5.41, 5.74) is 1.80. The first kappa shape index (κ1) is 11.5. The van der Waals surface area contributed by atoms with Gasteiger partial charge < -0.3 is 4.84 Å². The Hall–Kier alpha value is -0.320. The standard InChI is InChI=1S/C4H10N2O2.ClH/c1-2-3-4(7)8-6-5;/h6H,2-3,5H2,1H3;1H. The predicted octanol–water partition coefficient (Wildman–Crippen LogP) is 0.130. The third kappa shape index (κ3) is 7.68. The van der Waals surface area contributed by atoms with Crippen LogP contribution in [0, 0.1) is 0 Å². The van der Waals surface area contributed by atoms with Crippen LogP contribution in [0.4, 0.5) is 0 Å². The van der Waals surface area contributed by atoms with Crippen molar-refractivity contribution in [1.29, 1.82) is 0 Å². The fourth-order valence-corrected chi connectivity index (χ4v) is 0.321. The lowest BCUT2D eigenvalue weighted by Crippen LogP contribution is -2.25. The minimum atomic E-state index is -0.324. The molecule has 0 heterocycles. The molecule has 0 atom stereocenters. The normalized spacial score (nSPS) is 7.78. The molecule has 56 valence electrons. The summed E-state index contributed by atoms with van der Waals surface area (Å²) in [6.45, 7) is 1.89. The Morgan fingerprint density at radius 3 is 2.67 bits per heavy atom. The van der Waals surface area contributed by atoms with E-state index in [1.165, 1.54) is 0 Å². The van der Waals surface area contributed by atoms with E-state index in [0.717, 1.165) is 6.42 Å². The van der Waals surface area contributed by atoms with E-state index in [2.05, 4.69) is 10.7 Å². The van der Waals surface area contributed by atoms with Crippen molar-refractivity contribution < 1.29 is 9.63 Å².